The number of rotatable bonds is 7. The van der Waals surface area contributed by atoms with E-state index in [0.717, 1.165) is 12.0 Å². The van der Waals surface area contributed by atoms with Crippen molar-refractivity contribution >= 4 is 11.6 Å². The van der Waals surface area contributed by atoms with E-state index in [1.54, 1.807) is 13.2 Å². The first kappa shape index (κ1) is 15.3. The molecule has 1 rings (SSSR count). The van der Waals surface area contributed by atoms with Gasteiger partial charge < -0.3 is 20.9 Å². The zero-order valence-corrected chi connectivity index (χ0v) is 11.5. The van der Waals surface area contributed by atoms with Crippen molar-refractivity contribution in [1.82, 2.24) is 5.32 Å². The van der Waals surface area contributed by atoms with Gasteiger partial charge in [-0.15, -0.1) is 0 Å². The molecule has 1 aromatic carbocycles. The summed E-state index contributed by atoms with van der Waals surface area (Å²) in [6.07, 6.45) is 1.71. The van der Waals surface area contributed by atoms with Crippen molar-refractivity contribution < 1.29 is 14.6 Å². The van der Waals surface area contributed by atoms with Crippen LogP contribution in [-0.2, 0) is 11.2 Å². The maximum atomic E-state index is 11.7. The molecule has 19 heavy (non-hydrogen) atoms. The fourth-order valence-corrected chi connectivity index (χ4v) is 1.77. The maximum absolute atomic E-state index is 11.7. The first-order valence-electron chi connectivity index (χ1n) is 6.43. The van der Waals surface area contributed by atoms with Gasteiger partial charge in [-0.3, -0.25) is 4.79 Å². The van der Waals surface area contributed by atoms with Crippen LogP contribution >= 0.6 is 0 Å². The smallest absolute Gasteiger partial charge is 0.220 e. The number of nitrogen functional groups attached to an aromatic ring is 1. The highest BCUT2D eigenvalue weighted by atomic mass is 16.5. The molecule has 0 heterocycles. The third-order valence-corrected chi connectivity index (χ3v) is 3.01. The number of carbonyl (C=O) groups is 1. The fraction of sp³-hybridized carbons (Fsp3) is 0.500. The van der Waals surface area contributed by atoms with Gasteiger partial charge in [-0.2, -0.15) is 0 Å². The van der Waals surface area contributed by atoms with Crippen LogP contribution in [0.15, 0.2) is 18.2 Å². The standard InChI is InChI=1S/C14H22N2O3/c1-3-11(9-17)16-14(18)7-5-10-4-6-13(19-2)12(15)8-10/h4,6,8,11,17H,3,5,7,9,15H2,1-2H3,(H,16,18). The molecular formula is C14H22N2O3. The lowest BCUT2D eigenvalue weighted by atomic mass is 10.1. The lowest BCUT2D eigenvalue weighted by molar-refractivity contribution is -0.122. The Bertz CT molecular complexity index is 417. The third kappa shape index (κ3) is 4.79. The summed E-state index contributed by atoms with van der Waals surface area (Å²) in [4.78, 5) is 11.7. The average Bonchev–Trinajstić information content (AvgIpc) is 2.42. The Labute approximate surface area is 113 Å². The van der Waals surface area contributed by atoms with Gasteiger partial charge in [0, 0.05) is 6.42 Å². The van der Waals surface area contributed by atoms with E-state index < -0.39 is 0 Å². The summed E-state index contributed by atoms with van der Waals surface area (Å²) < 4.78 is 5.08. The molecule has 0 fully saturated rings. The molecule has 106 valence electrons. The van der Waals surface area contributed by atoms with E-state index in [1.807, 2.05) is 19.1 Å². The molecule has 0 bridgehead atoms. The van der Waals surface area contributed by atoms with Gasteiger partial charge in [-0.25, -0.2) is 0 Å². The zero-order valence-electron chi connectivity index (χ0n) is 11.5. The van der Waals surface area contributed by atoms with Crippen LogP contribution in [0.3, 0.4) is 0 Å². The van der Waals surface area contributed by atoms with Gasteiger partial charge in [0.25, 0.3) is 0 Å². The molecule has 5 nitrogen and oxygen atoms in total. The fourth-order valence-electron chi connectivity index (χ4n) is 1.77. The zero-order chi connectivity index (χ0) is 14.3. The summed E-state index contributed by atoms with van der Waals surface area (Å²) in [5.41, 5.74) is 7.37. The Kier molecular flexibility index (Phi) is 6.15. The van der Waals surface area contributed by atoms with E-state index in [0.29, 0.717) is 24.3 Å². The summed E-state index contributed by atoms with van der Waals surface area (Å²) in [5, 5.41) is 11.8. The maximum Gasteiger partial charge on any atom is 0.220 e. The molecule has 0 aliphatic heterocycles. The minimum Gasteiger partial charge on any atom is -0.495 e. The Hall–Kier alpha value is -1.75. The number of hydrogen-bond donors (Lipinski definition) is 3. The first-order chi connectivity index (χ1) is 9.10. The molecule has 0 spiro atoms. The molecule has 0 radical (unpaired) electrons. The number of nitrogens with one attached hydrogen (secondary N) is 1. The number of methoxy groups -OCH3 is 1. The van der Waals surface area contributed by atoms with Crippen LogP contribution in [0.1, 0.15) is 25.3 Å². The Morgan fingerprint density at radius 1 is 1.53 bits per heavy atom. The molecule has 0 saturated carbocycles. The van der Waals surface area contributed by atoms with Crippen molar-refractivity contribution in [3.8, 4) is 5.75 Å². The van der Waals surface area contributed by atoms with E-state index in [-0.39, 0.29) is 18.6 Å². The van der Waals surface area contributed by atoms with E-state index >= 15 is 0 Å². The van der Waals surface area contributed by atoms with Gasteiger partial charge >= 0.3 is 0 Å². The number of carbonyl (C=O) groups excluding carboxylic acids is 1. The molecule has 0 aliphatic rings. The summed E-state index contributed by atoms with van der Waals surface area (Å²) >= 11 is 0. The van der Waals surface area contributed by atoms with Crippen molar-refractivity contribution in [2.75, 3.05) is 19.5 Å². The molecule has 1 atom stereocenters. The largest absolute Gasteiger partial charge is 0.495 e. The van der Waals surface area contributed by atoms with Crippen LogP contribution in [0.4, 0.5) is 5.69 Å². The van der Waals surface area contributed by atoms with Gasteiger partial charge in [0.15, 0.2) is 0 Å². The minimum absolute atomic E-state index is 0.0300. The van der Waals surface area contributed by atoms with E-state index in [4.69, 9.17) is 15.6 Å². The number of aryl methyl sites for hydroxylation is 1. The molecule has 4 N–H and O–H groups in total. The van der Waals surface area contributed by atoms with E-state index in [2.05, 4.69) is 5.32 Å². The number of amides is 1. The number of aliphatic hydroxyl groups excluding tert-OH is 1. The second-order valence-corrected chi connectivity index (χ2v) is 4.43. The Morgan fingerprint density at radius 2 is 2.26 bits per heavy atom. The van der Waals surface area contributed by atoms with Crippen LogP contribution < -0.4 is 15.8 Å². The predicted molar refractivity (Wildman–Crippen MR) is 75.0 cm³/mol. The van der Waals surface area contributed by atoms with Crippen LogP contribution in [0, 0.1) is 0 Å². The minimum atomic E-state index is -0.159. The topological polar surface area (TPSA) is 84.6 Å². The number of anilines is 1. The number of nitrogens with two attached hydrogens (primary N) is 1. The van der Waals surface area contributed by atoms with E-state index in [1.165, 1.54) is 0 Å². The monoisotopic (exact) mass is 266 g/mol. The van der Waals surface area contributed by atoms with Gasteiger partial charge in [0.1, 0.15) is 5.75 Å². The van der Waals surface area contributed by atoms with Gasteiger partial charge in [0.05, 0.1) is 25.4 Å². The molecule has 1 amide bonds. The van der Waals surface area contributed by atoms with Gasteiger partial charge in [-0.1, -0.05) is 13.0 Å². The number of benzene rings is 1. The van der Waals surface area contributed by atoms with Crippen molar-refractivity contribution in [2.24, 2.45) is 0 Å². The summed E-state index contributed by atoms with van der Waals surface area (Å²) in [6.45, 7) is 1.89. The molecule has 5 heteroatoms. The van der Waals surface area contributed by atoms with Gasteiger partial charge in [-0.05, 0) is 30.5 Å². The molecule has 1 aromatic rings. The second-order valence-electron chi connectivity index (χ2n) is 4.43. The summed E-state index contributed by atoms with van der Waals surface area (Å²) in [5.74, 6) is 0.579. The quantitative estimate of drug-likeness (QED) is 0.645. The highest BCUT2D eigenvalue weighted by Gasteiger charge is 2.09. The van der Waals surface area contributed by atoms with Crippen molar-refractivity contribution in [3.05, 3.63) is 23.8 Å². The second kappa shape index (κ2) is 7.63. The normalized spacial score (nSPS) is 11.9. The van der Waals surface area contributed by atoms with E-state index in [9.17, 15) is 4.79 Å². The van der Waals surface area contributed by atoms with Crippen LogP contribution in [0.2, 0.25) is 0 Å². The first-order valence-corrected chi connectivity index (χ1v) is 6.43. The van der Waals surface area contributed by atoms with Crippen LogP contribution in [0.25, 0.3) is 0 Å². The number of aliphatic hydroxyl groups is 1. The number of ether oxygens (including phenoxy) is 1. The van der Waals surface area contributed by atoms with Crippen LogP contribution in [-0.4, -0.2) is 30.8 Å². The van der Waals surface area contributed by atoms with Crippen molar-refractivity contribution in [1.29, 1.82) is 0 Å². The highest BCUT2D eigenvalue weighted by molar-refractivity contribution is 5.76. The third-order valence-electron chi connectivity index (χ3n) is 3.01. The molecule has 1 unspecified atom stereocenters. The van der Waals surface area contributed by atoms with Gasteiger partial charge in [0.2, 0.25) is 5.91 Å². The Balaban J connectivity index is 2.48. The lowest BCUT2D eigenvalue weighted by Gasteiger charge is -2.14. The highest BCUT2D eigenvalue weighted by Crippen LogP contribution is 2.22. The molecule has 0 aliphatic carbocycles. The SMILES string of the molecule is CCC(CO)NC(=O)CCc1ccc(OC)c(N)c1. The van der Waals surface area contributed by atoms with Crippen LogP contribution in [0.5, 0.6) is 5.75 Å². The predicted octanol–water partition coefficient (Wildman–Crippen LogP) is 1.10. The molecule has 0 aromatic heterocycles. The summed E-state index contributed by atoms with van der Waals surface area (Å²) in [6, 6.07) is 5.35. The molecule has 0 saturated heterocycles. The Morgan fingerprint density at radius 3 is 2.79 bits per heavy atom. The number of hydrogen-bond acceptors (Lipinski definition) is 4. The average molecular weight is 266 g/mol. The summed E-state index contributed by atoms with van der Waals surface area (Å²) in [7, 11) is 1.57. The lowest BCUT2D eigenvalue weighted by Crippen LogP contribution is -2.37. The van der Waals surface area contributed by atoms with Crippen molar-refractivity contribution in [2.45, 2.75) is 32.2 Å². The molecular weight excluding hydrogens is 244 g/mol. The van der Waals surface area contributed by atoms with Crippen molar-refractivity contribution in [3.63, 3.8) is 0 Å².